The second-order valence-corrected chi connectivity index (χ2v) is 27.8. The Morgan fingerprint density at radius 1 is 0.412 bits per heavy atom. The first-order valence-corrected chi connectivity index (χ1v) is 37.5. The van der Waals surface area contributed by atoms with E-state index in [1.165, 1.54) is 321 Å². The van der Waals surface area contributed by atoms with Gasteiger partial charge in [0.15, 0.2) is 0 Å². The molecule has 0 aliphatic rings. The third-order valence-electron chi connectivity index (χ3n) is 17.0. The highest BCUT2D eigenvalue weighted by Crippen LogP contribution is 2.43. The number of nitrogens with zero attached hydrogens (tertiary/aromatic N) is 1. The number of phosphoric ester groups is 1. The summed E-state index contributed by atoms with van der Waals surface area (Å²) in [5, 5.41) is 14.2. The van der Waals surface area contributed by atoms with Crippen molar-refractivity contribution < 1.29 is 32.9 Å². The predicted octanol–water partition coefficient (Wildman–Crippen LogP) is 22.9. The average molecular weight is 1150 g/mol. The van der Waals surface area contributed by atoms with Crippen LogP contribution in [0.15, 0.2) is 12.2 Å². The first kappa shape index (κ1) is 79.2. The number of hydrogen-bond acceptors (Lipinski definition) is 5. The van der Waals surface area contributed by atoms with Gasteiger partial charge >= 0.3 is 7.82 Å². The first-order valence-electron chi connectivity index (χ1n) is 36.1. The molecule has 1 amide bonds. The SMILES string of the molecule is CCCCCCCCCC/C=C\CCCCCCCCCCCCCCCCCCCCCCCC(=O)NC(COP(=O)(O)OCC[N+](C)(C)C)C(O)CCCCCCCCCCCCCCCCCCCCCCCCCCC. The maximum absolute atomic E-state index is 13.1. The van der Waals surface area contributed by atoms with Gasteiger partial charge in [-0.15, -0.1) is 0 Å². The predicted molar refractivity (Wildman–Crippen MR) is 351 cm³/mol. The van der Waals surface area contributed by atoms with Crippen LogP contribution in [0.4, 0.5) is 0 Å². The highest BCUT2D eigenvalue weighted by molar-refractivity contribution is 7.47. The summed E-state index contributed by atoms with van der Waals surface area (Å²) in [4.78, 5) is 23.5. The minimum atomic E-state index is -4.33. The second kappa shape index (κ2) is 62.8. The van der Waals surface area contributed by atoms with E-state index in [4.69, 9.17) is 9.05 Å². The molecule has 0 spiro atoms. The van der Waals surface area contributed by atoms with Crippen molar-refractivity contribution in [2.75, 3.05) is 40.9 Å². The number of rotatable bonds is 68. The molecular weight excluding hydrogens is 1010 g/mol. The monoisotopic (exact) mass is 1150 g/mol. The van der Waals surface area contributed by atoms with Crippen molar-refractivity contribution in [2.24, 2.45) is 0 Å². The second-order valence-electron chi connectivity index (χ2n) is 26.3. The van der Waals surface area contributed by atoms with Gasteiger partial charge in [-0.1, -0.05) is 353 Å². The molecule has 0 aromatic rings. The quantitative estimate of drug-likeness (QED) is 0.0243. The van der Waals surface area contributed by atoms with E-state index in [0.717, 1.165) is 38.5 Å². The Labute approximate surface area is 501 Å². The number of quaternary nitrogens is 1. The number of hydrogen-bond donors (Lipinski definition) is 3. The normalized spacial score (nSPS) is 13.6. The van der Waals surface area contributed by atoms with Crippen molar-refractivity contribution in [3.63, 3.8) is 0 Å². The molecule has 9 heteroatoms. The van der Waals surface area contributed by atoms with Crippen molar-refractivity contribution in [3.8, 4) is 0 Å². The number of carbonyl (C=O) groups excluding carboxylic acids is 1. The molecular formula is C71H144N2O6P+. The molecule has 0 aromatic carbocycles. The minimum Gasteiger partial charge on any atom is -0.391 e. The molecule has 0 aromatic heterocycles. The van der Waals surface area contributed by atoms with Crippen molar-refractivity contribution in [1.82, 2.24) is 5.32 Å². The van der Waals surface area contributed by atoms with Gasteiger partial charge in [0, 0.05) is 6.42 Å². The number of aliphatic hydroxyl groups excluding tert-OH is 1. The standard InChI is InChI=1S/C71H143N2O6P/c1-6-8-10-12-14-16-18-20-22-24-26-28-30-32-33-34-35-36-37-38-39-41-43-45-47-49-51-53-55-57-59-61-63-65-71(75)72-69(68-79-80(76,77)78-67-66-73(3,4)5)70(74)64-62-60-58-56-54-52-50-48-46-44-42-40-31-29-27-25-23-21-19-17-15-13-11-9-7-2/h24,26,69-70,74H,6-23,25,27-68H2,1-5H3,(H-,72,75,76,77)/p+1/b26-24-. The lowest BCUT2D eigenvalue weighted by molar-refractivity contribution is -0.870. The minimum absolute atomic E-state index is 0.0786. The van der Waals surface area contributed by atoms with Crippen LogP contribution in [0.3, 0.4) is 0 Å². The van der Waals surface area contributed by atoms with Gasteiger partial charge in [-0.25, -0.2) is 4.57 Å². The molecule has 0 radical (unpaired) electrons. The summed E-state index contributed by atoms with van der Waals surface area (Å²) in [6.07, 6.45) is 80.4. The molecule has 0 rings (SSSR count). The van der Waals surface area contributed by atoms with Crippen LogP contribution in [0.1, 0.15) is 386 Å². The van der Waals surface area contributed by atoms with Crippen LogP contribution in [0, 0.1) is 0 Å². The molecule has 0 saturated carbocycles. The Morgan fingerprint density at radius 2 is 0.675 bits per heavy atom. The van der Waals surface area contributed by atoms with Gasteiger partial charge in [0.25, 0.3) is 0 Å². The topological polar surface area (TPSA) is 105 Å². The molecule has 8 nitrogen and oxygen atoms in total. The van der Waals surface area contributed by atoms with Gasteiger partial charge in [-0.05, 0) is 38.5 Å². The Morgan fingerprint density at radius 3 is 0.963 bits per heavy atom. The lowest BCUT2D eigenvalue weighted by Crippen LogP contribution is -2.46. The maximum atomic E-state index is 13.1. The van der Waals surface area contributed by atoms with Crippen molar-refractivity contribution in [3.05, 3.63) is 12.2 Å². The van der Waals surface area contributed by atoms with Gasteiger partial charge in [-0.2, -0.15) is 0 Å². The summed E-state index contributed by atoms with van der Waals surface area (Å²) in [6, 6.07) is -0.758. The van der Waals surface area contributed by atoms with Crippen LogP contribution >= 0.6 is 7.82 Å². The van der Waals surface area contributed by atoms with Gasteiger partial charge < -0.3 is 19.8 Å². The lowest BCUT2D eigenvalue weighted by atomic mass is 10.0. The van der Waals surface area contributed by atoms with Gasteiger partial charge in [0.2, 0.25) is 5.91 Å². The fraction of sp³-hybridized carbons (Fsp3) is 0.958. The number of carbonyl (C=O) groups is 1. The number of likely N-dealkylation sites (N-methyl/N-ethyl adjacent to an activating group) is 1. The summed E-state index contributed by atoms with van der Waals surface area (Å²) in [5.41, 5.74) is 0. The smallest absolute Gasteiger partial charge is 0.391 e. The summed E-state index contributed by atoms with van der Waals surface area (Å²) in [6.45, 7) is 4.96. The molecule has 0 saturated heterocycles. The van der Waals surface area contributed by atoms with E-state index >= 15 is 0 Å². The van der Waals surface area contributed by atoms with E-state index in [0.29, 0.717) is 23.9 Å². The largest absolute Gasteiger partial charge is 0.472 e. The average Bonchev–Trinajstić information content (AvgIpc) is 3.42. The van der Waals surface area contributed by atoms with E-state index < -0.39 is 20.0 Å². The number of allylic oxidation sites excluding steroid dienone is 2. The molecule has 3 atom stereocenters. The van der Waals surface area contributed by atoms with Crippen molar-refractivity contribution in [1.29, 1.82) is 0 Å². The lowest BCUT2D eigenvalue weighted by Gasteiger charge is -2.26. The number of phosphoric acid groups is 1. The van der Waals surface area contributed by atoms with Crippen LogP contribution in [0.2, 0.25) is 0 Å². The van der Waals surface area contributed by atoms with Gasteiger partial charge in [0.1, 0.15) is 13.2 Å². The number of amides is 1. The Balaban J connectivity index is 3.96. The molecule has 80 heavy (non-hydrogen) atoms. The van der Waals surface area contributed by atoms with E-state index in [1.807, 2.05) is 21.1 Å². The summed E-state index contributed by atoms with van der Waals surface area (Å²) < 4.78 is 23.9. The maximum Gasteiger partial charge on any atom is 0.472 e. The summed E-state index contributed by atoms with van der Waals surface area (Å²) in [7, 11) is 1.64. The number of aliphatic hydroxyl groups is 1. The molecule has 0 aliphatic carbocycles. The van der Waals surface area contributed by atoms with Crippen molar-refractivity contribution >= 4 is 13.7 Å². The summed E-state index contributed by atoms with van der Waals surface area (Å²) >= 11 is 0. The van der Waals surface area contributed by atoms with E-state index in [-0.39, 0.29) is 19.1 Å². The molecule has 0 aliphatic heterocycles. The molecule has 3 unspecified atom stereocenters. The van der Waals surface area contributed by atoms with Gasteiger partial charge in [0.05, 0.1) is 39.9 Å². The number of nitrogens with one attached hydrogen (secondary N) is 1. The molecule has 0 fully saturated rings. The van der Waals surface area contributed by atoms with Crippen LogP contribution in [-0.4, -0.2) is 73.4 Å². The third-order valence-corrected chi connectivity index (χ3v) is 18.0. The Bertz CT molecular complexity index is 1310. The fourth-order valence-electron chi connectivity index (χ4n) is 11.4. The van der Waals surface area contributed by atoms with Gasteiger partial charge in [-0.3, -0.25) is 13.8 Å². The Hall–Kier alpha value is -0.760. The highest BCUT2D eigenvalue weighted by atomic mass is 31.2. The van der Waals surface area contributed by atoms with Crippen molar-refractivity contribution in [2.45, 2.75) is 398 Å². The van der Waals surface area contributed by atoms with E-state index in [9.17, 15) is 19.4 Å². The number of unbranched alkanes of at least 4 members (excludes halogenated alkanes) is 53. The molecule has 478 valence electrons. The third kappa shape index (κ3) is 64.8. The Kier molecular flexibility index (Phi) is 62.2. The highest BCUT2D eigenvalue weighted by Gasteiger charge is 2.28. The van der Waals surface area contributed by atoms with Crippen LogP contribution < -0.4 is 5.32 Å². The fourth-order valence-corrected chi connectivity index (χ4v) is 12.1. The van der Waals surface area contributed by atoms with E-state index in [2.05, 4.69) is 31.3 Å². The zero-order valence-corrected chi connectivity index (χ0v) is 55.8. The van der Waals surface area contributed by atoms with E-state index in [1.54, 1.807) is 0 Å². The van der Waals surface area contributed by atoms with Crippen LogP contribution in [0.25, 0.3) is 0 Å². The van der Waals surface area contributed by atoms with Crippen LogP contribution in [0.5, 0.6) is 0 Å². The first-order chi connectivity index (χ1) is 39.0. The zero-order chi connectivity index (χ0) is 58.4. The molecule has 0 bridgehead atoms. The van der Waals surface area contributed by atoms with Crippen LogP contribution in [-0.2, 0) is 18.4 Å². The zero-order valence-electron chi connectivity index (χ0n) is 54.9. The molecule has 3 N–H and O–H groups in total. The summed E-state index contributed by atoms with van der Waals surface area (Å²) in [5.74, 6) is -0.134. The molecule has 0 heterocycles.